The van der Waals surface area contributed by atoms with Crippen molar-refractivity contribution in [3.63, 3.8) is 0 Å². The highest BCUT2D eigenvalue weighted by Gasteiger charge is 2.32. The van der Waals surface area contributed by atoms with Gasteiger partial charge in [-0.1, -0.05) is 11.6 Å². The van der Waals surface area contributed by atoms with Crippen molar-refractivity contribution in [2.45, 2.75) is 11.1 Å². The van der Waals surface area contributed by atoms with Crippen molar-refractivity contribution in [3.05, 3.63) is 47.1 Å². The summed E-state index contributed by atoms with van der Waals surface area (Å²) in [5, 5.41) is 2.58. The zero-order valence-electron chi connectivity index (χ0n) is 13.5. The number of aromatic amines is 1. The van der Waals surface area contributed by atoms with E-state index in [0.29, 0.717) is 5.75 Å². The van der Waals surface area contributed by atoms with Crippen LogP contribution in [0.5, 0.6) is 5.75 Å². The molecule has 0 radical (unpaired) electrons. The molecular weight excluding hydrogens is 395 g/mol. The number of H-pyrrole nitrogens is 1. The number of ether oxygens (including phenoxy) is 1. The number of aromatic nitrogens is 1. The van der Waals surface area contributed by atoms with Gasteiger partial charge in [-0.2, -0.15) is 13.2 Å². The summed E-state index contributed by atoms with van der Waals surface area (Å²) < 4.78 is 69.3. The Balaban J connectivity index is 1.91. The number of sulfonamides is 1. The molecule has 1 aromatic carbocycles. The normalized spacial score (nSPS) is 12.0. The summed E-state index contributed by atoms with van der Waals surface area (Å²) >= 11 is 5.78. The van der Waals surface area contributed by atoms with Crippen molar-refractivity contribution in [2.24, 2.45) is 0 Å². The molecule has 11 heteroatoms. The van der Waals surface area contributed by atoms with Gasteiger partial charge >= 0.3 is 6.18 Å². The Morgan fingerprint density at radius 2 is 1.85 bits per heavy atom. The Bertz CT molecular complexity index is 859. The van der Waals surface area contributed by atoms with Crippen molar-refractivity contribution in [1.82, 2.24) is 4.72 Å². The molecule has 0 aliphatic carbocycles. The molecular formula is C15H16ClF3N3O3S+. The largest absolute Gasteiger partial charge is 0.497 e. The van der Waals surface area contributed by atoms with Crippen LogP contribution in [0.2, 0.25) is 5.02 Å². The molecule has 26 heavy (non-hydrogen) atoms. The molecule has 0 aliphatic heterocycles. The van der Waals surface area contributed by atoms with Gasteiger partial charge in [0.2, 0.25) is 10.0 Å². The molecule has 0 atom stereocenters. The first-order chi connectivity index (χ1) is 12.1. The van der Waals surface area contributed by atoms with Gasteiger partial charge in [0.05, 0.1) is 24.1 Å². The average molecular weight is 411 g/mol. The zero-order valence-corrected chi connectivity index (χ0v) is 15.1. The van der Waals surface area contributed by atoms with Gasteiger partial charge in [-0.05, 0) is 30.3 Å². The zero-order chi connectivity index (χ0) is 19.4. The maximum absolute atomic E-state index is 12.6. The minimum atomic E-state index is -4.51. The Morgan fingerprint density at radius 3 is 2.38 bits per heavy atom. The maximum atomic E-state index is 12.6. The van der Waals surface area contributed by atoms with Crippen LogP contribution in [0.15, 0.2) is 41.4 Å². The summed E-state index contributed by atoms with van der Waals surface area (Å²) in [5.41, 5.74) is -0.909. The molecule has 0 saturated heterocycles. The number of hydrogen-bond acceptors (Lipinski definition) is 4. The number of alkyl halides is 3. The van der Waals surface area contributed by atoms with Crippen molar-refractivity contribution >= 4 is 27.4 Å². The van der Waals surface area contributed by atoms with Crippen LogP contribution >= 0.6 is 11.6 Å². The molecule has 2 aromatic rings. The fraction of sp³-hybridized carbons (Fsp3) is 0.267. The number of rotatable bonds is 7. The quantitative estimate of drug-likeness (QED) is 0.687. The number of anilines is 1. The lowest BCUT2D eigenvalue weighted by Crippen LogP contribution is -2.30. The van der Waals surface area contributed by atoms with Gasteiger partial charge in [0.15, 0.2) is 0 Å². The number of benzene rings is 1. The first-order valence-electron chi connectivity index (χ1n) is 7.29. The summed E-state index contributed by atoms with van der Waals surface area (Å²) in [7, 11) is -2.24. The van der Waals surface area contributed by atoms with Crippen LogP contribution in [0.3, 0.4) is 0 Å². The van der Waals surface area contributed by atoms with E-state index in [9.17, 15) is 21.6 Å². The predicted octanol–water partition coefficient (Wildman–Crippen LogP) is 2.57. The molecule has 0 fully saturated rings. The second-order valence-electron chi connectivity index (χ2n) is 5.11. The average Bonchev–Trinajstić information content (AvgIpc) is 2.59. The number of pyridine rings is 1. The Labute approximate surface area is 153 Å². The lowest BCUT2D eigenvalue weighted by Gasteiger charge is -2.08. The van der Waals surface area contributed by atoms with Crippen LogP contribution in [-0.2, 0) is 16.2 Å². The van der Waals surface area contributed by atoms with Gasteiger partial charge < -0.3 is 4.74 Å². The minimum Gasteiger partial charge on any atom is -0.497 e. The Kier molecular flexibility index (Phi) is 6.32. The molecule has 0 aliphatic rings. The fourth-order valence-corrected chi connectivity index (χ4v) is 3.25. The molecule has 1 aromatic heterocycles. The van der Waals surface area contributed by atoms with E-state index in [0.717, 1.165) is 12.3 Å². The molecule has 0 spiro atoms. The summed E-state index contributed by atoms with van der Waals surface area (Å²) in [4.78, 5) is 2.47. The molecule has 2 rings (SSSR count). The standard InChI is InChI=1S/C15H15ClF3N3O3S/c1-25-11-2-4-12(5-3-11)26(23,24)22-7-6-20-14-13(16)8-10(9-21-14)15(17,18)19/h2-5,8-9,22H,6-7H2,1H3,(H,20,21)/p+1. The van der Waals surface area contributed by atoms with Gasteiger partial charge in [-0.3, -0.25) is 5.32 Å². The summed E-state index contributed by atoms with van der Waals surface area (Å²) in [6.07, 6.45) is -3.73. The monoisotopic (exact) mass is 410 g/mol. The van der Waals surface area contributed by atoms with Crippen LogP contribution in [0.1, 0.15) is 5.56 Å². The van der Waals surface area contributed by atoms with Gasteiger partial charge in [0.25, 0.3) is 5.82 Å². The SMILES string of the molecule is COc1ccc(S(=O)(=O)NCCNc2[nH+]cc(C(F)(F)F)cc2Cl)cc1. The van der Waals surface area contributed by atoms with Crippen molar-refractivity contribution in [3.8, 4) is 5.75 Å². The molecule has 0 bridgehead atoms. The minimum absolute atomic E-state index is 0.000443. The van der Waals surface area contributed by atoms with Crippen molar-refractivity contribution in [1.29, 1.82) is 0 Å². The third kappa shape index (κ3) is 5.23. The van der Waals surface area contributed by atoms with E-state index in [1.54, 1.807) is 0 Å². The number of halogens is 4. The maximum Gasteiger partial charge on any atom is 0.419 e. The van der Waals surface area contributed by atoms with E-state index in [1.807, 2.05) is 0 Å². The molecule has 1 heterocycles. The highest BCUT2D eigenvalue weighted by Crippen LogP contribution is 2.31. The van der Waals surface area contributed by atoms with Crippen LogP contribution in [0, 0.1) is 0 Å². The van der Waals surface area contributed by atoms with Crippen LogP contribution in [0.4, 0.5) is 19.0 Å². The lowest BCUT2D eigenvalue weighted by atomic mass is 10.3. The van der Waals surface area contributed by atoms with E-state index in [-0.39, 0.29) is 28.8 Å². The van der Waals surface area contributed by atoms with Crippen LogP contribution in [0.25, 0.3) is 0 Å². The van der Waals surface area contributed by atoms with Crippen LogP contribution in [-0.4, -0.2) is 28.6 Å². The highest BCUT2D eigenvalue weighted by molar-refractivity contribution is 7.89. The van der Waals surface area contributed by atoms with E-state index < -0.39 is 21.8 Å². The fourth-order valence-electron chi connectivity index (χ4n) is 1.98. The number of nitrogens with one attached hydrogen (secondary N) is 3. The molecule has 142 valence electrons. The van der Waals surface area contributed by atoms with Gasteiger partial charge in [0, 0.05) is 6.54 Å². The van der Waals surface area contributed by atoms with Crippen LogP contribution < -0.4 is 19.8 Å². The molecule has 0 unspecified atom stereocenters. The molecule has 0 saturated carbocycles. The highest BCUT2D eigenvalue weighted by atomic mass is 35.5. The Hall–Kier alpha value is -2.04. The first kappa shape index (κ1) is 20.3. The van der Waals surface area contributed by atoms with E-state index in [4.69, 9.17) is 16.3 Å². The first-order valence-corrected chi connectivity index (χ1v) is 9.15. The van der Waals surface area contributed by atoms with E-state index in [2.05, 4.69) is 15.0 Å². The summed E-state index contributed by atoms with van der Waals surface area (Å²) in [6, 6.07) is 6.61. The van der Waals surface area contributed by atoms with Crippen molar-refractivity contribution in [2.75, 3.05) is 25.5 Å². The van der Waals surface area contributed by atoms with E-state index >= 15 is 0 Å². The smallest absolute Gasteiger partial charge is 0.419 e. The summed E-state index contributed by atoms with van der Waals surface area (Å²) in [5.74, 6) is 0.682. The lowest BCUT2D eigenvalue weighted by molar-refractivity contribution is -0.364. The second-order valence-corrected chi connectivity index (χ2v) is 7.28. The third-order valence-electron chi connectivity index (χ3n) is 3.31. The third-order valence-corrected chi connectivity index (χ3v) is 5.08. The van der Waals surface area contributed by atoms with Gasteiger partial charge in [-0.15, -0.1) is 0 Å². The number of methoxy groups -OCH3 is 1. The Morgan fingerprint density at radius 1 is 1.19 bits per heavy atom. The van der Waals surface area contributed by atoms with E-state index in [1.165, 1.54) is 31.4 Å². The molecule has 3 N–H and O–H groups in total. The molecule has 6 nitrogen and oxygen atoms in total. The predicted molar refractivity (Wildman–Crippen MR) is 89.7 cm³/mol. The van der Waals surface area contributed by atoms with Gasteiger partial charge in [-0.25, -0.2) is 18.1 Å². The molecule has 0 amide bonds. The summed E-state index contributed by atoms with van der Waals surface area (Å²) in [6.45, 7) is 0.108. The number of hydrogen-bond donors (Lipinski definition) is 2. The second kappa shape index (κ2) is 8.11. The van der Waals surface area contributed by atoms with Gasteiger partial charge in [0.1, 0.15) is 17.0 Å². The van der Waals surface area contributed by atoms with Crippen molar-refractivity contribution < 1.29 is 31.3 Å². The topological polar surface area (TPSA) is 81.6 Å².